The molecule has 0 bridgehead atoms. The van der Waals surface area contributed by atoms with E-state index in [2.05, 4.69) is 27.3 Å². The van der Waals surface area contributed by atoms with Gasteiger partial charge in [-0.3, -0.25) is 0 Å². The lowest BCUT2D eigenvalue weighted by molar-refractivity contribution is 0.997. The van der Waals surface area contributed by atoms with Crippen LogP contribution in [0.15, 0.2) is 53.0 Å². The molecule has 0 aliphatic heterocycles. The van der Waals surface area contributed by atoms with Crippen molar-refractivity contribution in [1.82, 2.24) is 0 Å². The zero-order chi connectivity index (χ0) is 13.0. The summed E-state index contributed by atoms with van der Waals surface area (Å²) in [6.07, 6.45) is 0. The number of anilines is 1. The highest BCUT2D eigenvalue weighted by molar-refractivity contribution is 9.10. The van der Waals surface area contributed by atoms with Gasteiger partial charge in [0.15, 0.2) is 0 Å². The molecule has 2 rings (SSSR count). The van der Waals surface area contributed by atoms with Gasteiger partial charge >= 0.3 is 0 Å². The molecule has 0 saturated carbocycles. The molecule has 2 nitrogen and oxygen atoms in total. The third-order valence-electron chi connectivity index (χ3n) is 2.49. The maximum Gasteiger partial charge on any atom is 0.140 e. The molecule has 0 fully saturated rings. The fourth-order valence-electron chi connectivity index (χ4n) is 1.59. The first kappa shape index (κ1) is 12.9. The predicted molar refractivity (Wildman–Crippen MR) is 77.6 cm³/mol. The summed E-state index contributed by atoms with van der Waals surface area (Å²) in [5, 5.41) is 13.0. The van der Waals surface area contributed by atoms with Crippen LogP contribution in [-0.2, 0) is 0 Å². The van der Waals surface area contributed by atoms with Gasteiger partial charge in [-0.2, -0.15) is 5.26 Å². The minimum Gasteiger partial charge on any atom is -0.366 e. The standard InChI is InChI=1S/C14H10BrClN2/c15-12-8-11(6-7-13(12)16)18-14(9-17)10-4-2-1-3-5-10/h1-8,14,18H. The second-order valence-corrected chi connectivity index (χ2v) is 5.01. The Morgan fingerprint density at radius 2 is 1.89 bits per heavy atom. The molecule has 18 heavy (non-hydrogen) atoms. The summed E-state index contributed by atoms with van der Waals surface area (Å²) in [6.45, 7) is 0. The molecule has 2 aromatic rings. The molecule has 0 spiro atoms. The van der Waals surface area contributed by atoms with E-state index in [9.17, 15) is 5.26 Å². The second kappa shape index (κ2) is 5.90. The molecule has 0 amide bonds. The predicted octanol–water partition coefficient (Wildman–Crippen LogP) is 4.78. The van der Waals surface area contributed by atoms with Crippen LogP contribution < -0.4 is 5.32 Å². The van der Waals surface area contributed by atoms with Crippen LogP contribution in [0.4, 0.5) is 5.69 Å². The van der Waals surface area contributed by atoms with Crippen molar-refractivity contribution < 1.29 is 0 Å². The molecule has 0 heterocycles. The SMILES string of the molecule is N#CC(Nc1ccc(Cl)c(Br)c1)c1ccccc1. The van der Waals surface area contributed by atoms with Gasteiger partial charge in [-0.25, -0.2) is 0 Å². The van der Waals surface area contributed by atoms with Crippen molar-refractivity contribution in [1.29, 1.82) is 5.26 Å². The maximum atomic E-state index is 9.21. The van der Waals surface area contributed by atoms with Crippen molar-refractivity contribution in [2.24, 2.45) is 0 Å². The van der Waals surface area contributed by atoms with Crippen LogP contribution in [0.3, 0.4) is 0 Å². The fraction of sp³-hybridized carbons (Fsp3) is 0.0714. The lowest BCUT2D eigenvalue weighted by Crippen LogP contribution is -2.08. The molecule has 4 heteroatoms. The highest BCUT2D eigenvalue weighted by Crippen LogP contribution is 2.27. The first-order valence-corrected chi connectivity index (χ1v) is 6.54. The van der Waals surface area contributed by atoms with Gasteiger partial charge in [0.25, 0.3) is 0 Å². The summed E-state index contributed by atoms with van der Waals surface area (Å²) < 4.78 is 0.805. The van der Waals surface area contributed by atoms with Gasteiger partial charge in [-0.15, -0.1) is 0 Å². The van der Waals surface area contributed by atoms with E-state index in [1.807, 2.05) is 42.5 Å². The smallest absolute Gasteiger partial charge is 0.140 e. The number of halogens is 2. The minimum atomic E-state index is -0.376. The Morgan fingerprint density at radius 1 is 1.17 bits per heavy atom. The largest absolute Gasteiger partial charge is 0.366 e. The van der Waals surface area contributed by atoms with Gasteiger partial charge in [0, 0.05) is 10.2 Å². The van der Waals surface area contributed by atoms with Gasteiger partial charge in [0.1, 0.15) is 6.04 Å². The summed E-state index contributed by atoms with van der Waals surface area (Å²) >= 11 is 9.29. The Hall–Kier alpha value is -1.50. The van der Waals surface area contributed by atoms with Gasteiger partial charge in [0.2, 0.25) is 0 Å². The van der Waals surface area contributed by atoms with E-state index in [0.29, 0.717) is 5.02 Å². The zero-order valence-electron chi connectivity index (χ0n) is 9.40. The van der Waals surface area contributed by atoms with Crippen molar-refractivity contribution in [2.45, 2.75) is 6.04 Å². The first-order valence-electron chi connectivity index (χ1n) is 5.37. The first-order chi connectivity index (χ1) is 8.70. The molecule has 90 valence electrons. The Kier molecular flexibility index (Phi) is 4.24. The number of benzene rings is 2. The average Bonchev–Trinajstić information content (AvgIpc) is 2.41. The maximum absolute atomic E-state index is 9.21. The molecule has 2 aromatic carbocycles. The molecule has 0 aromatic heterocycles. The summed E-state index contributed by atoms with van der Waals surface area (Å²) in [5.74, 6) is 0. The van der Waals surface area contributed by atoms with Crippen molar-refractivity contribution in [3.8, 4) is 6.07 Å². The number of hydrogen-bond donors (Lipinski definition) is 1. The van der Waals surface area contributed by atoms with E-state index < -0.39 is 0 Å². The zero-order valence-corrected chi connectivity index (χ0v) is 11.7. The molecule has 1 N–H and O–H groups in total. The highest BCUT2D eigenvalue weighted by atomic mass is 79.9. The van der Waals surface area contributed by atoms with Crippen molar-refractivity contribution in [2.75, 3.05) is 5.32 Å². The molecule has 0 saturated heterocycles. The fourth-order valence-corrected chi connectivity index (χ4v) is 2.08. The third-order valence-corrected chi connectivity index (χ3v) is 3.71. The third kappa shape index (κ3) is 3.04. The van der Waals surface area contributed by atoms with Crippen LogP contribution in [0.5, 0.6) is 0 Å². The molecule has 0 radical (unpaired) electrons. The highest BCUT2D eigenvalue weighted by Gasteiger charge is 2.10. The van der Waals surface area contributed by atoms with E-state index in [1.54, 1.807) is 6.07 Å². The topological polar surface area (TPSA) is 35.8 Å². The number of rotatable bonds is 3. The molecule has 1 atom stereocenters. The summed E-state index contributed by atoms with van der Waals surface area (Å²) in [4.78, 5) is 0. The van der Waals surface area contributed by atoms with Crippen LogP contribution in [0.25, 0.3) is 0 Å². The van der Waals surface area contributed by atoms with Gasteiger partial charge in [-0.05, 0) is 39.7 Å². The Morgan fingerprint density at radius 3 is 2.50 bits per heavy atom. The lowest BCUT2D eigenvalue weighted by atomic mass is 10.1. The number of nitrogens with one attached hydrogen (secondary N) is 1. The van der Waals surface area contributed by atoms with Crippen molar-refractivity contribution in [3.63, 3.8) is 0 Å². The van der Waals surface area contributed by atoms with E-state index in [1.165, 1.54) is 0 Å². The van der Waals surface area contributed by atoms with E-state index in [-0.39, 0.29) is 6.04 Å². The monoisotopic (exact) mass is 320 g/mol. The molecule has 0 aliphatic rings. The van der Waals surface area contributed by atoms with E-state index in [0.717, 1.165) is 15.7 Å². The van der Waals surface area contributed by atoms with Crippen LogP contribution >= 0.6 is 27.5 Å². The molecule has 0 aliphatic carbocycles. The quantitative estimate of drug-likeness (QED) is 0.883. The lowest BCUT2D eigenvalue weighted by Gasteiger charge is -2.13. The Balaban J connectivity index is 2.21. The van der Waals surface area contributed by atoms with Gasteiger partial charge < -0.3 is 5.32 Å². The summed E-state index contributed by atoms with van der Waals surface area (Å²) in [7, 11) is 0. The Bertz CT molecular complexity index is 578. The second-order valence-electron chi connectivity index (χ2n) is 3.75. The van der Waals surface area contributed by atoms with Gasteiger partial charge in [-0.1, -0.05) is 41.9 Å². The van der Waals surface area contributed by atoms with Crippen molar-refractivity contribution in [3.05, 3.63) is 63.6 Å². The van der Waals surface area contributed by atoms with Crippen LogP contribution in [0.1, 0.15) is 11.6 Å². The van der Waals surface area contributed by atoms with E-state index >= 15 is 0 Å². The molecular formula is C14H10BrClN2. The van der Waals surface area contributed by atoms with E-state index in [4.69, 9.17) is 11.6 Å². The summed E-state index contributed by atoms with van der Waals surface area (Å²) in [5.41, 5.74) is 1.78. The molecular weight excluding hydrogens is 312 g/mol. The summed E-state index contributed by atoms with van der Waals surface area (Å²) in [6, 6.07) is 17.0. The van der Waals surface area contributed by atoms with Crippen molar-refractivity contribution >= 4 is 33.2 Å². The Labute approximate surface area is 119 Å². The average molecular weight is 322 g/mol. The normalized spacial score (nSPS) is 11.6. The number of nitriles is 1. The van der Waals surface area contributed by atoms with Gasteiger partial charge in [0.05, 0.1) is 11.1 Å². The van der Waals surface area contributed by atoms with Crippen LogP contribution in [0, 0.1) is 11.3 Å². The number of nitrogens with zero attached hydrogens (tertiary/aromatic N) is 1. The number of hydrogen-bond acceptors (Lipinski definition) is 2. The minimum absolute atomic E-state index is 0.376. The molecule has 1 unspecified atom stereocenters. The van der Waals surface area contributed by atoms with Crippen LogP contribution in [0.2, 0.25) is 5.02 Å². The van der Waals surface area contributed by atoms with Crippen LogP contribution in [-0.4, -0.2) is 0 Å².